The molecule has 36 heavy (non-hydrogen) atoms. The summed E-state index contributed by atoms with van der Waals surface area (Å²) in [5, 5.41) is 9.14. The van der Waals surface area contributed by atoms with Crippen LogP contribution in [0.5, 0.6) is 5.75 Å². The number of allylic oxidation sites excluding steroid dienone is 1. The number of imide groups is 1. The Morgan fingerprint density at radius 1 is 0.944 bits per heavy atom. The lowest BCUT2D eigenvalue weighted by atomic mass is 10.1. The number of aromatic hydroxyl groups is 1. The minimum Gasteiger partial charge on any atom is -0.508 e. The van der Waals surface area contributed by atoms with E-state index in [1.54, 1.807) is 72.8 Å². The molecule has 1 aliphatic heterocycles. The number of benzene rings is 3. The van der Waals surface area contributed by atoms with Gasteiger partial charge in [0.15, 0.2) is 5.78 Å². The van der Waals surface area contributed by atoms with Crippen molar-refractivity contribution in [3.8, 4) is 5.75 Å². The molecule has 1 heterocycles. The zero-order valence-corrected chi connectivity index (χ0v) is 20.0. The average Bonchev–Trinajstić information content (AvgIpc) is 3.15. The molecular weight excluding hydrogens is 478 g/mol. The molecule has 0 unspecified atom stereocenters. The summed E-state index contributed by atoms with van der Waals surface area (Å²) in [5.74, 6) is -1.05. The van der Waals surface area contributed by atoms with Crippen molar-refractivity contribution in [3.63, 3.8) is 0 Å². The van der Waals surface area contributed by atoms with Crippen molar-refractivity contribution in [1.82, 2.24) is 4.90 Å². The first-order valence-corrected chi connectivity index (χ1v) is 11.7. The first kappa shape index (κ1) is 24.7. The zero-order chi connectivity index (χ0) is 25.7. The molecule has 1 saturated heterocycles. The molecule has 1 N–H and O–H groups in total. The van der Waals surface area contributed by atoms with Crippen molar-refractivity contribution in [3.05, 3.63) is 112 Å². The van der Waals surface area contributed by atoms with Gasteiger partial charge in [-0.15, -0.1) is 0 Å². The van der Waals surface area contributed by atoms with Crippen LogP contribution in [0.1, 0.15) is 37.4 Å². The van der Waals surface area contributed by atoms with Crippen molar-refractivity contribution in [1.29, 1.82) is 0 Å². The van der Waals surface area contributed by atoms with E-state index >= 15 is 0 Å². The molecule has 1 aliphatic rings. The van der Waals surface area contributed by atoms with Crippen LogP contribution < -0.4 is 0 Å². The van der Waals surface area contributed by atoms with E-state index in [-0.39, 0.29) is 29.2 Å². The molecule has 3 aromatic rings. The van der Waals surface area contributed by atoms with Crippen LogP contribution >= 0.6 is 11.8 Å². The number of ketones is 1. The minimum absolute atomic E-state index is 0.0273. The SMILES string of the molecule is COC(=O)c1ccc(CN2C(=O)S/C(=C\c3ccc(/C=C/C(=O)c4cccc(O)c4)cc3)C2=O)cc1. The number of carbonyl (C=O) groups excluding carboxylic acids is 4. The number of rotatable bonds is 7. The molecule has 1 fully saturated rings. The Kier molecular flexibility index (Phi) is 7.46. The van der Waals surface area contributed by atoms with Crippen LogP contribution in [0.25, 0.3) is 12.2 Å². The highest BCUT2D eigenvalue weighted by Crippen LogP contribution is 2.33. The molecule has 0 spiro atoms. The van der Waals surface area contributed by atoms with Crippen molar-refractivity contribution in [2.75, 3.05) is 7.11 Å². The van der Waals surface area contributed by atoms with Gasteiger partial charge in [0.05, 0.1) is 24.1 Å². The second kappa shape index (κ2) is 10.9. The van der Waals surface area contributed by atoms with Gasteiger partial charge in [-0.2, -0.15) is 0 Å². The quantitative estimate of drug-likeness (QED) is 0.267. The van der Waals surface area contributed by atoms with E-state index in [2.05, 4.69) is 4.74 Å². The molecule has 0 radical (unpaired) electrons. The summed E-state index contributed by atoms with van der Waals surface area (Å²) in [6.07, 6.45) is 4.74. The molecule has 3 aromatic carbocycles. The van der Waals surface area contributed by atoms with Gasteiger partial charge in [-0.1, -0.05) is 54.6 Å². The van der Waals surface area contributed by atoms with Crippen LogP contribution in [0, 0.1) is 0 Å². The van der Waals surface area contributed by atoms with Crippen molar-refractivity contribution < 1.29 is 29.0 Å². The van der Waals surface area contributed by atoms with Crippen LogP contribution in [-0.4, -0.2) is 40.0 Å². The topological polar surface area (TPSA) is 101 Å². The van der Waals surface area contributed by atoms with Gasteiger partial charge in [0.2, 0.25) is 0 Å². The third kappa shape index (κ3) is 5.79. The molecular formula is C28H21NO6S. The first-order valence-electron chi connectivity index (χ1n) is 10.9. The van der Waals surface area contributed by atoms with Crippen LogP contribution in [0.2, 0.25) is 0 Å². The third-order valence-corrected chi connectivity index (χ3v) is 6.29. The molecule has 0 bridgehead atoms. The highest BCUT2D eigenvalue weighted by atomic mass is 32.2. The van der Waals surface area contributed by atoms with Gasteiger partial charge in [0.1, 0.15) is 5.75 Å². The number of hydrogen-bond donors (Lipinski definition) is 1. The number of ether oxygens (including phenoxy) is 1. The van der Waals surface area contributed by atoms with Gasteiger partial charge in [-0.05, 0) is 64.9 Å². The van der Waals surface area contributed by atoms with E-state index in [1.165, 1.54) is 25.3 Å². The number of esters is 1. The summed E-state index contributed by atoms with van der Waals surface area (Å²) in [7, 11) is 1.30. The van der Waals surface area contributed by atoms with E-state index < -0.39 is 5.97 Å². The van der Waals surface area contributed by atoms with Crippen molar-refractivity contribution in [2.24, 2.45) is 0 Å². The maximum absolute atomic E-state index is 12.8. The number of methoxy groups -OCH3 is 1. The Hall–Kier alpha value is -4.43. The molecule has 8 heteroatoms. The summed E-state index contributed by atoms with van der Waals surface area (Å²) >= 11 is 0.870. The maximum atomic E-state index is 12.8. The van der Waals surface area contributed by atoms with Gasteiger partial charge in [0.25, 0.3) is 11.1 Å². The van der Waals surface area contributed by atoms with Crippen LogP contribution in [0.15, 0.2) is 83.8 Å². The van der Waals surface area contributed by atoms with E-state index in [9.17, 15) is 24.3 Å². The first-order chi connectivity index (χ1) is 17.3. The summed E-state index contributed by atoms with van der Waals surface area (Å²) in [5.41, 5.74) is 3.00. The Labute approximate surface area is 211 Å². The van der Waals surface area contributed by atoms with Crippen molar-refractivity contribution in [2.45, 2.75) is 6.54 Å². The van der Waals surface area contributed by atoms with Gasteiger partial charge in [-0.25, -0.2) is 4.79 Å². The van der Waals surface area contributed by atoms with Gasteiger partial charge in [-0.3, -0.25) is 19.3 Å². The second-order valence-corrected chi connectivity index (χ2v) is 8.86. The Morgan fingerprint density at radius 3 is 2.31 bits per heavy atom. The summed E-state index contributed by atoms with van der Waals surface area (Å²) in [6, 6.07) is 19.8. The fraction of sp³-hybridized carbons (Fsp3) is 0.0714. The maximum Gasteiger partial charge on any atom is 0.337 e. The van der Waals surface area contributed by atoms with E-state index in [0.717, 1.165) is 27.8 Å². The standard InChI is InChI=1S/C28H21NO6S/c1-35-27(33)21-12-9-20(10-13-21)17-29-26(32)25(36-28(29)34)15-19-7-5-18(6-8-19)11-14-24(31)22-3-2-4-23(30)16-22/h2-16,30H,17H2,1H3/b14-11+,25-15-. The lowest BCUT2D eigenvalue weighted by Crippen LogP contribution is -2.27. The number of thioether (sulfide) groups is 1. The van der Waals surface area contributed by atoms with Crippen LogP contribution in [0.3, 0.4) is 0 Å². The van der Waals surface area contributed by atoms with E-state index in [0.29, 0.717) is 21.6 Å². The number of carbonyl (C=O) groups is 4. The molecule has 0 aliphatic carbocycles. The molecule has 7 nitrogen and oxygen atoms in total. The molecule has 2 amide bonds. The normalized spacial score (nSPS) is 14.6. The Bertz CT molecular complexity index is 1390. The van der Waals surface area contributed by atoms with Crippen LogP contribution in [0.4, 0.5) is 4.79 Å². The number of hydrogen-bond acceptors (Lipinski definition) is 7. The summed E-state index contributed by atoms with van der Waals surface area (Å²) in [4.78, 5) is 50.6. The monoisotopic (exact) mass is 499 g/mol. The fourth-order valence-corrected chi connectivity index (χ4v) is 4.30. The molecule has 0 saturated carbocycles. The summed E-state index contributed by atoms with van der Waals surface area (Å²) < 4.78 is 4.67. The number of nitrogens with zero attached hydrogens (tertiary/aromatic N) is 1. The average molecular weight is 500 g/mol. The number of phenolic OH excluding ortho intramolecular Hbond substituents is 1. The smallest absolute Gasteiger partial charge is 0.337 e. The number of amides is 2. The van der Waals surface area contributed by atoms with Gasteiger partial charge in [0, 0.05) is 5.56 Å². The third-order valence-electron chi connectivity index (χ3n) is 5.38. The Balaban J connectivity index is 1.41. The predicted molar refractivity (Wildman–Crippen MR) is 137 cm³/mol. The summed E-state index contributed by atoms with van der Waals surface area (Å²) in [6.45, 7) is 0.0976. The fourth-order valence-electron chi connectivity index (χ4n) is 3.46. The van der Waals surface area contributed by atoms with Crippen LogP contribution in [-0.2, 0) is 16.1 Å². The minimum atomic E-state index is -0.458. The largest absolute Gasteiger partial charge is 0.508 e. The zero-order valence-electron chi connectivity index (χ0n) is 19.2. The van der Waals surface area contributed by atoms with Gasteiger partial charge < -0.3 is 9.84 Å². The van der Waals surface area contributed by atoms with E-state index in [4.69, 9.17) is 0 Å². The van der Waals surface area contributed by atoms with Gasteiger partial charge >= 0.3 is 5.97 Å². The lowest BCUT2D eigenvalue weighted by molar-refractivity contribution is -0.123. The van der Waals surface area contributed by atoms with E-state index in [1.807, 2.05) is 0 Å². The highest BCUT2D eigenvalue weighted by molar-refractivity contribution is 8.18. The molecule has 0 atom stereocenters. The lowest BCUT2D eigenvalue weighted by Gasteiger charge is -2.12. The second-order valence-electron chi connectivity index (χ2n) is 7.87. The predicted octanol–water partition coefficient (Wildman–Crippen LogP) is 5.31. The highest BCUT2D eigenvalue weighted by Gasteiger charge is 2.35. The number of phenols is 1. The van der Waals surface area contributed by atoms with Crippen molar-refractivity contribution >= 4 is 46.8 Å². The molecule has 4 rings (SSSR count). The molecule has 180 valence electrons. The molecule has 0 aromatic heterocycles. The Morgan fingerprint density at radius 2 is 1.64 bits per heavy atom.